The predicted molar refractivity (Wildman–Crippen MR) is 290 cm³/mol. The standard InChI is InChI=1S/C63H37N5OS/c1-3-15-38(16-4-1)61-64-62(40-30-33-48-51-37-42(31-34-56(51)69-57(48)36-40)68-53-26-11-7-19-44(53)45-20-8-12-27-54(45)68)66-63(65-61)50-24-14-28-58-59(50)49-23-13-22-43(60(49)70-58)39-29-32-47-46-21-9-10-25-52(46)67(55(47)35-39)41-17-5-2-6-18-41/h1-37H. The first-order valence-corrected chi connectivity index (χ1v) is 24.3. The van der Waals surface area contributed by atoms with Crippen molar-refractivity contribution in [2.45, 2.75) is 0 Å². The summed E-state index contributed by atoms with van der Waals surface area (Å²) in [6.45, 7) is 0. The van der Waals surface area contributed by atoms with E-state index in [1.807, 2.05) is 29.5 Å². The minimum atomic E-state index is 0.580. The number of para-hydroxylation sites is 4. The Morgan fingerprint density at radius 3 is 1.64 bits per heavy atom. The Morgan fingerprint density at radius 2 is 0.900 bits per heavy atom. The largest absolute Gasteiger partial charge is 0.456 e. The van der Waals surface area contributed by atoms with Crippen molar-refractivity contribution in [3.63, 3.8) is 0 Å². The van der Waals surface area contributed by atoms with E-state index < -0.39 is 0 Å². The minimum absolute atomic E-state index is 0.580. The third-order valence-electron chi connectivity index (χ3n) is 14.0. The Kier molecular flexibility index (Phi) is 8.43. The highest BCUT2D eigenvalue weighted by Crippen LogP contribution is 2.45. The van der Waals surface area contributed by atoms with E-state index in [2.05, 4.69) is 215 Å². The fourth-order valence-electron chi connectivity index (χ4n) is 10.8. The predicted octanol–water partition coefficient (Wildman–Crippen LogP) is 17.0. The van der Waals surface area contributed by atoms with Crippen molar-refractivity contribution in [2.75, 3.05) is 0 Å². The molecule has 0 aliphatic carbocycles. The molecule has 0 N–H and O–H groups in total. The van der Waals surface area contributed by atoms with E-state index in [0.717, 1.165) is 55.4 Å². The van der Waals surface area contributed by atoms with Crippen LogP contribution in [0.3, 0.4) is 0 Å². The molecule has 0 saturated carbocycles. The van der Waals surface area contributed by atoms with Gasteiger partial charge in [-0.05, 0) is 83.9 Å². The first-order chi connectivity index (χ1) is 34.7. The van der Waals surface area contributed by atoms with E-state index in [9.17, 15) is 0 Å². The molecule has 5 aromatic heterocycles. The molecule has 5 heterocycles. The van der Waals surface area contributed by atoms with Crippen LogP contribution in [0.4, 0.5) is 0 Å². The summed E-state index contributed by atoms with van der Waals surface area (Å²) in [4.78, 5) is 15.7. The molecule has 326 valence electrons. The van der Waals surface area contributed by atoms with Crippen molar-refractivity contribution >= 4 is 97.1 Å². The number of furan rings is 1. The maximum absolute atomic E-state index is 6.62. The highest BCUT2D eigenvalue weighted by atomic mass is 32.1. The fraction of sp³-hybridized carbons (Fsp3) is 0. The SMILES string of the molecule is c1ccc(-c2nc(-c3ccc4c(c3)oc3ccc(-n5c6ccccc6c6ccccc65)cc34)nc(-c3cccc4sc5c(-c6ccc7c8ccccc8n(-c8ccccc8)c7c6)cccc5c34)n2)cc1. The number of hydrogen-bond acceptors (Lipinski definition) is 5. The van der Waals surface area contributed by atoms with Crippen molar-refractivity contribution in [1.29, 1.82) is 0 Å². The molecular weight excluding hydrogens is 875 g/mol. The van der Waals surface area contributed by atoms with E-state index in [0.29, 0.717) is 17.5 Å². The monoisotopic (exact) mass is 911 g/mol. The van der Waals surface area contributed by atoms with Crippen LogP contribution in [0.1, 0.15) is 0 Å². The lowest BCUT2D eigenvalue weighted by atomic mass is 9.99. The molecule has 0 atom stereocenters. The number of benzene rings is 10. The maximum Gasteiger partial charge on any atom is 0.164 e. The molecule has 6 nitrogen and oxygen atoms in total. The first kappa shape index (κ1) is 38.9. The Hall–Kier alpha value is -9.17. The van der Waals surface area contributed by atoms with Gasteiger partial charge in [-0.25, -0.2) is 15.0 Å². The molecule has 0 radical (unpaired) electrons. The summed E-state index contributed by atoms with van der Waals surface area (Å²) >= 11 is 1.82. The third kappa shape index (κ3) is 5.89. The topological polar surface area (TPSA) is 61.7 Å². The van der Waals surface area contributed by atoms with E-state index >= 15 is 0 Å². The second kappa shape index (κ2) is 15.2. The second-order valence-corrected chi connectivity index (χ2v) is 19.0. The van der Waals surface area contributed by atoms with Gasteiger partial charge >= 0.3 is 0 Å². The molecule has 0 unspecified atom stereocenters. The summed E-state index contributed by atoms with van der Waals surface area (Å²) in [6.07, 6.45) is 0. The van der Waals surface area contributed by atoms with Crippen LogP contribution in [-0.2, 0) is 0 Å². The quantitative estimate of drug-likeness (QED) is 0.167. The molecule has 70 heavy (non-hydrogen) atoms. The molecule has 10 aromatic carbocycles. The molecule has 7 heteroatoms. The zero-order valence-electron chi connectivity index (χ0n) is 37.4. The van der Waals surface area contributed by atoms with Crippen LogP contribution in [0.5, 0.6) is 0 Å². The molecule has 0 bridgehead atoms. The molecule has 0 saturated heterocycles. The number of nitrogens with zero attached hydrogens (tertiary/aromatic N) is 5. The zero-order valence-corrected chi connectivity index (χ0v) is 38.2. The lowest BCUT2D eigenvalue weighted by Crippen LogP contribution is -2.00. The van der Waals surface area contributed by atoms with E-state index in [1.54, 1.807) is 0 Å². The van der Waals surface area contributed by atoms with Crippen molar-refractivity contribution in [2.24, 2.45) is 0 Å². The van der Waals surface area contributed by atoms with Crippen molar-refractivity contribution < 1.29 is 4.42 Å². The van der Waals surface area contributed by atoms with Gasteiger partial charge in [0.2, 0.25) is 0 Å². The van der Waals surface area contributed by atoms with Crippen LogP contribution in [0.25, 0.3) is 142 Å². The van der Waals surface area contributed by atoms with Crippen LogP contribution in [0, 0.1) is 0 Å². The summed E-state index contributed by atoms with van der Waals surface area (Å²) in [5, 5.41) is 9.33. The average molecular weight is 912 g/mol. The molecule has 15 rings (SSSR count). The highest BCUT2D eigenvalue weighted by Gasteiger charge is 2.21. The van der Waals surface area contributed by atoms with E-state index in [-0.39, 0.29) is 0 Å². The third-order valence-corrected chi connectivity index (χ3v) is 15.2. The van der Waals surface area contributed by atoms with Crippen LogP contribution in [-0.4, -0.2) is 24.1 Å². The van der Waals surface area contributed by atoms with Gasteiger partial charge in [-0.2, -0.15) is 0 Å². The van der Waals surface area contributed by atoms with Gasteiger partial charge in [-0.1, -0.05) is 152 Å². The van der Waals surface area contributed by atoms with E-state index in [4.69, 9.17) is 19.4 Å². The molecule has 0 aliphatic rings. The molecule has 0 amide bonds. The van der Waals surface area contributed by atoms with Gasteiger partial charge in [0.25, 0.3) is 0 Å². The highest BCUT2D eigenvalue weighted by molar-refractivity contribution is 7.26. The molecule has 0 fully saturated rings. The summed E-state index contributed by atoms with van der Waals surface area (Å²) in [6, 6.07) is 79.6. The van der Waals surface area contributed by atoms with Gasteiger partial charge in [0.05, 0.1) is 22.1 Å². The Balaban J connectivity index is 0.874. The van der Waals surface area contributed by atoms with Gasteiger partial charge in [-0.3, -0.25) is 0 Å². The van der Waals surface area contributed by atoms with Gasteiger partial charge < -0.3 is 13.6 Å². The maximum atomic E-state index is 6.62. The Labute approximate surface area is 404 Å². The number of hydrogen-bond donors (Lipinski definition) is 0. The lowest BCUT2D eigenvalue weighted by molar-refractivity contribution is 0.669. The van der Waals surface area contributed by atoms with Crippen molar-refractivity contribution in [3.8, 4) is 56.7 Å². The molecule has 15 aromatic rings. The van der Waals surface area contributed by atoms with Crippen LogP contribution >= 0.6 is 11.3 Å². The number of aromatic nitrogens is 5. The van der Waals surface area contributed by atoms with Gasteiger partial charge in [0.15, 0.2) is 17.5 Å². The molecule has 0 spiro atoms. The van der Waals surface area contributed by atoms with Crippen LogP contribution in [0.15, 0.2) is 229 Å². The van der Waals surface area contributed by atoms with Crippen LogP contribution in [0.2, 0.25) is 0 Å². The van der Waals surface area contributed by atoms with Gasteiger partial charge in [-0.15, -0.1) is 11.3 Å². The number of thiophene rings is 1. The minimum Gasteiger partial charge on any atom is -0.456 e. The average Bonchev–Trinajstić information content (AvgIpc) is 4.18. The summed E-state index contributed by atoms with van der Waals surface area (Å²) in [7, 11) is 0. The van der Waals surface area contributed by atoms with Crippen molar-refractivity contribution in [3.05, 3.63) is 224 Å². The lowest BCUT2D eigenvalue weighted by Gasteiger charge is -2.10. The first-order valence-electron chi connectivity index (χ1n) is 23.5. The van der Waals surface area contributed by atoms with E-state index in [1.165, 1.54) is 69.5 Å². The summed E-state index contributed by atoms with van der Waals surface area (Å²) < 4.78 is 13.7. The molecular formula is C63H37N5OS. The second-order valence-electron chi connectivity index (χ2n) is 17.9. The van der Waals surface area contributed by atoms with Crippen LogP contribution < -0.4 is 0 Å². The van der Waals surface area contributed by atoms with Crippen molar-refractivity contribution in [1.82, 2.24) is 24.1 Å². The number of rotatable bonds is 6. The summed E-state index contributed by atoms with van der Waals surface area (Å²) in [5.41, 5.74) is 13.6. The van der Waals surface area contributed by atoms with Gasteiger partial charge in [0, 0.05) is 80.6 Å². The zero-order chi connectivity index (χ0) is 45.9. The normalized spacial score (nSPS) is 12.0. The summed E-state index contributed by atoms with van der Waals surface area (Å²) in [5.74, 6) is 1.81. The van der Waals surface area contributed by atoms with Gasteiger partial charge in [0.1, 0.15) is 11.2 Å². The molecule has 0 aliphatic heterocycles. The smallest absolute Gasteiger partial charge is 0.164 e. The Bertz CT molecular complexity index is 4550. The Morgan fingerprint density at radius 1 is 0.329 bits per heavy atom. The fourth-order valence-corrected chi connectivity index (χ4v) is 12.1. The number of fused-ring (bicyclic) bond motifs is 12.